The van der Waals surface area contributed by atoms with Crippen molar-refractivity contribution in [3.63, 3.8) is 0 Å². The van der Waals surface area contributed by atoms with Crippen molar-refractivity contribution in [3.05, 3.63) is 45.3 Å². The van der Waals surface area contributed by atoms with Crippen LogP contribution in [0.2, 0.25) is 5.02 Å². The Kier molecular flexibility index (Phi) is 7.17. The van der Waals surface area contributed by atoms with Gasteiger partial charge in [-0.05, 0) is 30.5 Å². The molecule has 8 nitrogen and oxygen atoms in total. The maximum absolute atomic E-state index is 12.1. The lowest BCUT2D eigenvalue weighted by Gasteiger charge is -2.18. The molecule has 0 spiro atoms. The van der Waals surface area contributed by atoms with Crippen molar-refractivity contribution in [1.82, 2.24) is 5.32 Å². The fourth-order valence-electron chi connectivity index (χ4n) is 2.50. The summed E-state index contributed by atoms with van der Waals surface area (Å²) in [7, 11) is 1.22. The van der Waals surface area contributed by atoms with Gasteiger partial charge in [0.15, 0.2) is 12.0 Å². The smallest absolute Gasteiger partial charge is 0.374 e. The molecular weight excluding hydrogens is 390 g/mol. The average molecular weight is 410 g/mol. The fraction of sp³-hybridized carbons (Fsp3) is 0.368. The Morgan fingerprint density at radius 1 is 1.21 bits per heavy atom. The number of fused-ring (bicyclic) bond motifs is 1. The number of rotatable bonds is 7. The van der Waals surface area contributed by atoms with E-state index in [1.54, 1.807) is 0 Å². The minimum Gasteiger partial charge on any atom is -0.467 e. The molecule has 0 radical (unpaired) electrons. The Morgan fingerprint density at radius 3 is 2.57 bits per heavy atom. The van der Waals surface area contributed by atoms with E-state index in [9.17, 15) is 19.2 Å². The van der Waals surface area contributed by atoms with E-state index >= 15 is 0 Å². The molecule has 1 aromatic carbocycles. The summed E-state index contributed by atoms with van der Waals surface area (Å²) in [6.07, 6.45) is 0.370. The molecule has 150 valence electrons. The van der Waals surface area contributed by atoms with E-state index in [0.29, 0.717) is 11.4 Å². The van der Waals surface area contributed by atoms with Crippen molar-refractivity contribution in [3.8, 4) is 0 Å². The molecule has 1 amide bonds. The van der Waals surface area contributed by atoms with E-state index < -0.39 is 35.9 Å². The molecule has 0 saturated heterocycles. The number of hydrogen-bond acceptors (Lipinski definition) is 7. The highest BCUT2D eigenvalue weighted by Crippen LogP contribution is 2.18. The van der Waals surface area contributed by atoms with Crippen LogP contribution >= 0.6 is 11.6 Å². The lowest BCUT2D eigenvalue weighted by Crippen LogP contribution is -2.44. The summed E-state index contributed by atoms with van der Waals surface area (Å²) in [5, 5.41) is 3.03. The molecule has 2 aromatic rings. The molecule has 28 heavy (non-hydrogen) atoms. The minimum absolute atomic E-state index is 0.132. The Morgan fingerprint density at radius 2 is 1.93 bits per heavy atom. The molecule has 0 unspecified atom stereocenters. The molecule has 1 N–H and O–H groups in total. The summed E-state index contributed by atoms with van der Waals surface area (Å²) >= 11 is 5.83. The number of amides is 1. The van der Waals surface area contributed by atoms with Crippen LogP contribution in [0.4, 0.5) is 0 Å². The van der Waals surface area contributed by atoms with Gasteiger partial charge in [-0.25, -0.2) is 9.59 Å². The van der Waals surface area contributed by atoms with Gasteiger partial charge in [0.2, 0.25) is 5.76 Å². The normalized spacial score (nSPS) is 11.9. The number of methoxy groups -OCH3 is 1. The monoisotopic (exact) mass is 409 g/mol. The second kappa shape index (κ2) is 9.36. The summed E-state index contributed by atoms with van der Waals surface area (Å²) in [4.78, 5) is 47.9. The van der Waals surface area contributed by atoms with Crippen LogP contribution < -0.4 is 10.7 Å². The number of carbonyl (C=O) groups excluding carboxylic acids is 3. The van der Waals surface area contributed by atoms with Gasteiger partial charge in [0.1, 0.15) is 11.6 Å². The molecule has 1 aromatic heterocycles. The van der Waals surface area contributed by atoms with Gasteiger partial charge in [0.05, 0.1) is 12.5 Å². The predicted octanol–water partition coefficient (Wildman–Crippen LogP) is 2.31. The third-order valence-electron chi connectivity index (χ3n) is 3.75. The van der Waals surface area contributed by atoms with Crippen molar-refractivity contribution < 1.29 is 28.3 Å². The summed E-state index contributed by atoms with van der Waals surface area (Å²) in [5.74, 6) is -2.47. The Balaban J connectivity index is 2.04. The molecular formula is C19H20ClNO7. The zero-order valence-corrected chi connectivity index (χ0v) is 16.4. The highest BCUT2D eigenvalue weighted by molar-refractivity contribution is 6.31. The zero-order valence-electron chi connectivity index (χ0n) is 15.6. The van der Waals surface area contributed by atoms with Crippen molar-refractivity contribution >= 4 is 40.4 Å². The summed E-state index contributed by atoms with van der Waals surface area (Å²) < 4.78 is 14.9. The number of hydrogen-bond donors (Lipinski definition) is 1. The number of halogens is 1. The van der Waals surface area contributed by atoms with Crippen LogP contribution in [-0.2, 0) is 19.1 Å². The first-order chi connectivity index (χ1) is 13.2. The van der Waals surface area contributed by atoms with Crippen LogP contribution in [0, 0.1) is 5.92 Å². The molecule has 0 saturated carbocycles. The Bertz CT molecular complexity index is 951. The van der Waals surface area contributed by atoms with Crippen molar-refractivity contribution in [2.75, 3.05) is 13.7 Å². The third kappa shape index (κ3) is 5.56. The van der Waals surface area contributed by atoms with Gasteiger partial charge in [0, 0.05) is 11.1 Å². The Labute approximate surface area is 165 Å². The fourth-order valence-corrected chi connectivity index (χ4v) is 2.67. The van der Waals surface area contributed by atoms with E-state index in [4.69, 9.17) is 20.8 Å². The molecule has 1 heterocycles. The summed E-state index contributed by atoms with van der Waals surface area (Å²) in [6.45, 7) is 3.13. The molecule has 0 aliphatic carbocycles. The van der Waals surface area contributed by atoms with E-state index in [1.165, 1.54) is 25.3 Å². The summed E-state index contributed by atoms with van der Waals surface area (Å²) in [5.41, 5.74) is -0.307. The first-order valence-electron chi connectivity index (χ1n) is 8.49. The van der Waals surface area contributed by atoms with Crippen LogP contribution in [0.1, 0.15) is 30.8 Å². The topological polar surface area (TPSA) is 112 Å². The highest BCUT2D eigenvalue weighted by Gasteiger charge is 2.23. The SMILES string of the molecule is COC(=O)[C@H](CC(C)C)NC(=O)COC(=O)c1cc(=O)c2cc(Cl)ccc2o1. The third-order valence-corrected chi connectivity index (χ3v) is 3.99. The minimum atomic E-state index is -0.984. The molecule has 0 aliphatic heterocycles. The van der Waals surface area contributed by atoms with Crippen LogP contribution in [0.15, 0.2) is 33.5 Å². The number of esters is 2. The van der Waals surface area contributed by atoms with Crippen molar-refractivity contribution in [2.45, 2.75) is 26.3 Å². The van der Waals surface area contributed by atoms with Crippen LogP contribution in [-0.4, -0.2) is 37.6 Å². The molecule has 0 aliphatic rings. The average Bonchev–Trinajstić information content (AvgIpc) is 2.64. The van der Waals surface area contributed by atoms with E-state index in [-0.39, 0.29) is 22.6 Å². The summed E-state index contributed by atoms with van der Waals surface area (Å²) in [6, 6.07) is 4.51. The number of carbonyl (C=O) groups is 3. The molecule has 0 bridgehead atoms. The van der Waals surface area contributed by atoms with Crippen LogP contribution in [0.3, 0.4) is 0 Å². The van der Waals surface area contributed by atoms with Crippen LogP contribution in [0.5, 0.6) is 0 Å². The molecule has 0 fully saturated rings. The number of nitrogens with one attached hydrogen (secondary N) is 1. The predicted molar refractivity (Wildman–Crippen MR) is 101 cm³/mol. The van der Waals surface area contributed by atoms with Gasteiger partial charge in [-0.3, -0.25) is 9.59 Å². The maximum Gasteiger partial charge on any atom is 0.374 e. The highest BCUT2D eigenvalue weighted by atomic mass is 35.5. The van der Waals surface area contributed by atoms with Gasteiger partial charge >= 0.3 is 11.9 Å². The lowest BCUT2D eigenvalue weighted by molar-refractivity contribution is -0.145. The second-order valence-corrected chi connectivity index (χ2v) is 6.90. The Hall–Kier alpha value is -2.87. The van der Waals surface area contributed by atoms with Crippen LogP contribution in [0.25, 0.3) is 11.0 Å². The van der Waals surface area contributed by atoms with Gasteiger partial charge in [-0.1, -0.05) is 25.4 Å². The van der Waals surface area contributed by atoms with Gasteiger partial charge in [0.25, 0.3) is 5.91 Å². The lowest BCUT2D eigenvalue weighted by atomic mass is 10.0. The zero-order chi connectivity index (χ0) is 20.8. The molecule has 2 rings (SSSR count). The number of benzene rings is 1. The first-order valence-corrected chi connectivity index (χ1v) is 8.86. The second-order valence-electron chi connectivity index (χ2n) is 6.46. The van der Waals surface area contributed by atoms with Crippen molar-refractivity contribution in [2.24, 2.45) is 5.92 Å². The van der Waals surface area contributed by atoms with E-state index in [2.05, 4.69) is 10.1 Å². The maximum atomic E-state index is 12.1. The van der Waals surface area contributed by atoms with Gasteiger partial charge in [-0.2, -0.15) is 0 Å². The quantitative estimate of drug-likeness (QED) is 0.698. The van der Waals surface area contributed by atoms with Crippen molar-refractivity contribution in [1.29, 1.82) is 0 Å². The first kappa shape index (κ1) is 21.4. The van der Waals surface area contributed by atoms with Gasteiger partial charge < -0.3 is 19.2 Å². The number of ether oxygens (including phenoxy) is 2. The van der Waals surface area contributed by atoms with E-state index in [0.717, 1.165) is 6.07 Å². The van der Waals surface area contributed by atoms with Gasteiger partial charge in [-0.15, -0.1) is 0 Å². The standard InChI is InChI=1S/C19H20ClNO7/c1-10(2)6-13(18(24)26-3)21-17(23)9-27-19(25)16-8-14(22)12-7-11(20)4-5-15(12)28-16/h4-5,7-8,10,13H,6,9H2,1-3H3,(H,21,23)/t13-/m0/s1. The largest absolute Gasteiger partial charge is 0.467 e. The van der Waals surface area contributed by atoms with E-state index in [1.807, 2.05) is 13.8 Å². The molecule has 1 atom stereocenters. The molecule has 9 heteroatoms.